The van der Waals surface area contributed by atoms with Gasteiger partial charge in [0.1, 0.15) is 0 Å². The molecule has 0 atom stereocenters. The Bertz CT molecular complexity index is 760. The van der Waals surface area contributed by atoms with E-state index in [1.54, 1.807) is 6.08 Å². The topological polar surface area (TPSA) is 52.7 Å². The van der Waals surface area contributed by atoms with Crippen LogP contribution in [0.4, 0.5) is 0 Å². The standard InChI is InChI=1S/C24H29N3O2/c1-2-15-25-22(28)13-14-23(29)26-16-18-27(19-17-26)24(20-9-5-3-6-10-20)21-11-7-4-8-12-21/h2-12,24H,1,13-19H2,(H,25,28). The van der Waals surface area contributed by atoms with E-state index in [9.17, 15) is 9.59 Å². The molecule has 0 saturated carbocycles. The first-order valence-electron chi connectivity index (χ1n) is 10.2. The van der Waals surface area contributed by atoms with Crippen molar-refractivity contribution in [3.63, 3.8) is 0 Å². The molecule has 0 aromatic heterocycles. The molecule has 0 aliphatic carbocycles. The number of piperazine rings is 1. The molecular formula is C24H29N3O2. The van der Waals surface area contributed by atoms with Crippen LogP contribution in [0.5, 0.6) is 0 Å². The van der Waals surface area contributed by atoms with Gasteiger partial charge >= 0.3 is 0 Å². The number of nitrogens with one attached hydrogen (secondary N) is 1. The number of carbonyl (C=O) groups excluding carboxylic acids is 2. The number of hydrogen-bond donors (Lipinski definition) is 1. The normalized spacial score (nSPS) is 14.6. The number of hydrogen-bond acceptors (Lipinski definition) is 3. The second-order valence-electron chi connectivity index (χ2n) is 7.23. The van der Waals surface area contributed by atoms with Crippen molar-refractivity contribution in [1.29, 1.82) is 0 Å². The maximum absolute atomic E-state index is 12.5. The molecule has 1 aliphatic rings. The van der Waals surface area contributed by atoms with E-state index in [4.69, 9.17) is 0 Å². The van der Waals surface area contributed by atoms with Gasteiger partial charge in [0.25, 0.3) is 0 Å². The van der Waals surface area contributed by atoms with Gasteiger partial charge in [0.15, 0.2) is 0 Å². The molecule has 5 nitrogen and oxygen atoms in total. The molecular weight excluding hydrogens is 362 g/mol. The number of nitrogens with zero attached hydrogens (tertiary/aromatic N) is 2. The Kier molecular flexibility index (Phi) is 7.59. The Morgan fingerprint density at radius 3 is 1.97 bits per heavy atom. The highest BCUT2D eigenvalue weighted by Crippen LogP contribution is 2.29. The molecule has 1 aliphatic heterocycles. The zero-order valence-corrected chi connectivity index (χ0v) is 16.8. The van der Waals surface area contributed by atoms with E-state index in [1.807, 2.05) is 17.0 Å². The average Bonchev–Trinajstić information content (AvgIpc) is 2.78. The molecule has 1 N–H and O–H groups in total. The van der Waals surface area contributed by atoms with Crippen molar-refractivity contribution in [3.05, 3.63) is 84.4 Å². The van der Waals surface area contributed by atoms with Crippen LogP contribution in [-0.2, 0) is 9.59 Å². The fraction of sp³-hybridized carbons (Fsp3) is 0.333. The fourth-order valence-corrected chi connectivity index (χ4v) is 3.77. The lowest BCUT2D eigenvalue weighted by molar-refractivity contribution is -0.135. The van der Waals surface area contributed by atoms with Gasteiger partial charge in [-0.25, -0.2) is 0 Å². The third kappa shape index (κ3) is 5.78. The first kappa shape index (κ1) is 20.8. The molecule has 0 unspecified atom stereocenters. The minimum absolute atomic E-state index is 0.0503. The third-order valence-electron chi connectivity index (χ3n) is 5.27. The van der Waals surface area contributed by atoms with Crippen LogP contribution in [-0.4, -0.2) is 54.3 Å². The summed E-state index contributed by atoms with van der Waals surface area (Å²) in [4.78, 5) is 28.5. The number of carbonyl (C=O) groups is 2. The summed E-state index contributed by atoms with van der Waals surface area (Å²) in [5, 5.41) is 2.71. The van der Waals surface area contributed by atoms with Gasteiger partial charge in [-0.3, -0.25) is 14.5 Å². The summed E-state index contributed by atoms with van der Waals surface area (Å²) in [6, 6.07) is 21.2. The van der Waals surface area contributed by atoms with Crippen LogP contribution < -0.4 is 5.32 Å². The predicted octanol–water partition coefficient (Wildman–Crippen LogP) is 3.00. The molecule has 5 heteroatoms. The minimum Gasteiger partial charge on any atom is -0.353 e. The molecule has 0 spiro atoms. The van der Waals surface area contributed by atoms with Crippen molar-refractivity contribution in [2.24, 2.45) is 0 Å². The molecule has 2 aromatic carbocycles. The summed E-state index contributed by atoms with van der Waals surface area (Å²) < 4.78 is 0. The smallest absolute Gasteiger partial charge is 0.223 e. The Hall–Kier alpha value is -2.92. The van der Waals surface area contributed by atoms with Gasteiger partial charge in [0.05, 0.1) is 6.04 Å². The van der Waals surface area contributed by atoms with Gasteiger partial charge in [0, 0.05) is 45.6 Å². The first-order valence-corrected chi connectivity index (χ1v) is 10.2. The average molecular weight is 392 g/mol. The van der Waals surface area contributed by atoms with Crippen molar-refractivity contribution in [2.45, 2.75) is 18.9 Å². The van der Waals surface area contributed by atoms with Gasteiger partial charge in [-0.15, -0.1) is 6.58 Å². The summed E-state index contributed by atoms with van der Waals surface area (Å²) in [6.45, 7) is 6.99. The zero-order chi connectivity index (χ0) is 20.5. The Morgan fingerprint density at radius 1 is 0.897 bits per heavy atom. The van der Waals surface area contributed by atoms with Crippen LogP contribution in [0, 0.1) is 0 Å². The van der Waals surface area contributed by atoms with Crippen molar-refractivity contribution < 1.29 is 9.59 Å². The molecule has 29 heavy (non-hydrogen) atoms. The quantitative estimate of drug-likeness (QED) is 0.704. The first-order chi connectivity index (χ1) is 14.2. The van der Waals surface area contributed by atoms with Gasteiger partial charge in [-0.05, 0) is 11.1 Å². The SMILES string of the molecule is C=CCNC(=O)CCC(=O)N1CCN(C(c2ccccc2)c2ccccc2)CC1. The van der Waals surface area contributed by atoms with Gasteiger partial charge in [-0.2, -0.15) is 0 Å². The molecule has 2 aromatic rings. The van der Waals surface area contributed by atoms with Gasteiger partial charge in [0.2, 0.25) is 11.8 Å². The zero-order valence-electron chi connectivity index (χ0n) is 16.8. The van der Waals surface area contributed by atoms with E-state index in [2.05, 4.69) is 65.3 Å². The Labute approximate surface area is 173 Å². The lowest BCUT2D eigenvalue weighted by Crippen LogP contribution is -2.50. The van der Waals surface area contributed by atoms with E-state index < -0.39 is 0 Å². The summed E-state index contributed by atoms with van der Waals surface area (Å²) in [5.74, 6) is -0.0560. The van der Waals surface area contributed by atoms with Crippen LogP contribution in [0.15, 0.2) is 73.3 Å². The summed E-state index contributed by atoms with van der Waals surface area (Å²) >= 11 is 0. The van der Waals surface area contributed by atoms with Gasteiger partial charge < -0.3 is 10.2 Å². The van der Waals surface area contributed by atoms with Crippen LogP contribution in [0.25, 0.3) is 0 Å². The third-order valence-corrected chi connectivity index (χ3v) is 5.27. The lowest BCUT2D eigenvalue weighted by Gasteiger charge is -2.39. The second-order valence-corrected chi connectivity index (χ2v) is 7.23. The van der Waals surface area contributed by atoms with Crippen LogP contribution >= 0.6 is 0 Å². The molecule has 3 rings (SSSR count). The summed E-state index contributed by atoms with van der Waals surface area (Å²) in [6.07, 6.45) is 2.11. The minimum atomic E-state index is -0.106. The van der Waals surface area contributed by atoms with Crippen molar-refractivity contribution >= 4 is 11.8 Å². The molecule has 1 saturated heterocycles. The number of benzene rings is 2. The summed E-state index contributed by atoms with van der Waals surface area (Å²) in [5.41, 5.74) is 2.52. The molecule has 152 valence electrons. The second kappa shape index (κ2) is 10.6. The van der Waals surface area contributed by atoms with E-state index in [-0.39, 0.29) is 30.7 Å². The lowest BCUT2D eigenvalue weighted by atomic mass is 9.96. The largest absolute Gasteiger partial charge is 0.353 e. The predicted molar refractivity (Wildman–Crippen MR) is 115 cm³/mol. The Morgan fingerprint density at radius 2 is 1.45 bits per heavy atom. The van der Waals surface area contributed by atoms with Crippen LogP contribution in [0.3, 0.4) is 0 Å². The van der Waals surface area contributed by atoms with Crippen molar-refractivity contribution in [1.82, 2.24) is 15.1 Å². The molecule has 2 amide bonds. The van der Waals surface area contributed by atoms with E-state index in [0.717, 1.165) is 13.1 Å². The molecule has 0 radical (unpaired) electrons. The van der Waals surface area contributed by atoms with Crippen molar-refractivity contribution in [3.8, 4) is 0 Å². The Balaban J connectivity index is 1.60. The highest BCUT2D eigenvalue weighted by Gasteiger charge is 2.28. The van der Waals surface area contributed by atoms with Gasteiger partial charge in [-0.1, -0.05) is 66.7 Å². The van der Waals surface area contributed by atoms with Crippen LogP contribution in [0.1, 0.15) is 30.0 Å². The van der Waals surface area contributed by atoms with Crippen molar-refractivity contribution in [2.75, 3.05) is 32.7 Å². The maximum Gasteiger partial charge on any atom is 0.223 e. The highest BCUT2D eigenvalue weighted by atomic mass is 16.2. The molecule has 1 heterocycles. The van der Waals surface area contributed by atoms with E-state index in [0.29, 0.717) is 19.6 Å². The van der Waals surface area contributed by atoms with E-state index in [1.165, 1.54) is 11.1 Å². The monoisotopic (exact) mass is 391 g/mol. The highest BCUT2D eigenvalue weighted by molar-refractivity contribution is 5.83. The molecule has 1 fully saturated rings. The molecule has 0 bridgehead atoms. The maximum atomic E-state index is 12.5. The number of rotatable bonds is 8. The number of amides is 2. The van der Waals surface area contributed by atoms with Crippen LogP contribution in [0.2, 0.25) is 0 Å². The van der Waals surface area contributed by atoms with E-state index >= 15 is 0 Å². The fourth-order valence-electron chi connectivity index (χ4n) is 3.77. The summed E-state index contributed by atoms with van der Waals surface area (Å²) in [7, 11) is 0.